The highest BCUT2D eigenvalue weighted by atomic mass is 16.3. The van der Waals surface area contributed by atoms with E-state index in [1.54, 1.807) is 6.26 Å². The summed E-state index contributed by atoms with van der Waals surface area (Å²) in [6.07, 6.45) is 3.81. The largest absolute Gasteiger partial charge is 0.468 e. The molecule has 0 unspecified atom stereocenters. The van der Waals surface area contributed by atoms with Crippen LogP contribution in [-0.4, -0.2) is 35.3 Å². The first-order valence-corrected chi connectivity index (χ1v) is 8.16. The first-order chi connectivity index (χ1) is 11.6. The Morgan fingerprint density at radius 3 is 2.62 bits per heavy atom. The zero-order chi connectivity index (χ0) is 16.9. The van der Waals surface area contributed by atoms with Crippen molar-refractivity contribution in [2.75, 3.05) is 20.6 Å². The molecule has 0 radical (unpaired) electrons. The molecule has 0 saturated heterocycles. The Kier molecular flexibility index (Phi) is 5.13. The zero-order valence-corrected chi connectivity index (χ0v) is 14.4. The van der Waals surface area contributed by atoms with Crippen LogP contribution in [0.4, 0.5) is 0 Å². The molecular formula is C19H24N4O. The first kappa shape index (κ1) is 16.5. The van der Waals surface area contributed by atoms with Gasteiger partial charge in [0.15, 0.2) is 0 Å². The summed E-state index contributed by atoms with van der Waals surface area (Å²) < 4.78 is 7.48. The van der Waals surface area contributed by atoms with E-state index < -0.39 is 0 Å². The molecule has 3 aromatic rings. The maximum absolute atomic E-state index is 5.55. The normalized spacial score (nSPS) is 12.7. The van der Waals surface area contributed by atoms with Crippen molar-refractivity contribution < 1.29 is 4.42 Å². The third-order valence-corrected chi connectivity index (χ3v) is 4.17. The fraction of sp³-hybridized carbons (Fsp3) is 0.316. The summed E-state index contributed by atoms with van der Waals surface area (Å²) in [5, 5.41) is 8.13. The van der Waals surface area contributed by atoms with Crippen LogP contribution in [0.5, 0.6) is 0 Å². The molecule has 1 atom stereocenters. The van der Waals surface area contributed by atoms with E-state index in [1.807, 2.05) is 41.9 Å². The first-order valence-electron chi connectivity index (χ1n) is 8.16. The molecular weight excluding hydrogens is 300 g/mol. The molecule has 0 fully saturated rings. The number of hydrogen-bond acceptors (Lipinski definition) is 4. The maximum atomic E-state index is 5.55. The Morgan fingerprint density at radius 1 is 1.17 bits per heavy atom. The molecule has 24 heavy (non-hydrogen) atoms. The minimum atomic E-state index is 0.212. The van der Waals surface area contributed by atoms with Crippen molar-refractivity contribution >= 4 is 0 Å². The van der Waals surface area contributed by atoms with Crippen LogP contribution < -0.4 is 5.32 Å². The monoisotopic (exact) mass is 324 g/mol. The number of nitrogens with one attached hydrogen (secondary N) is 1. The molecule has 2 heterocycles. The van der Waals surface area contributed by atoms with Crippen LogP contribution in [0, 0.1) is 6.92 Å². The molecule has 0 spiro atoms. The van der Waals surface area contributed by atoms with E-state index in [1.165, 1.54) is 5.56 Å². The van der Waals surface area contributed by atoms with E-state index in [0.29, 0.717) is 0 Å². The van der Waals surface area contributed by atoms with Gasteiger partial charge in [-0.05, 0) is 45.3 Å². The van der Waals surface area contributed by atoms with Gasteiger partial charge in [-0.1, -0.05) is 18.2 Å². The van der Waals surface area contributed by atoms with Crippen molar-refractivity contribution in [3.8, 4) is 5.69 Å². The van der Waals surface area contributed by atoms with Gasteiger partial charge in [-0.2, -0.15) is 5.10 Å². The van der Waals surface area contributed by atoms with Crippen molar-refractivity contribution in [1.29, 1.82) is 0 Å². The van der Waals surface area contributed by atoms with Gasteiger partial charge in [-0.25, -0.2) is 4.68 Å². The standard InChI is InChI=1S/C19H24N4O/c1-15-16(14-23(21-15)17-8-5-4-6-9-17)12-20-13-18(22(2)3)19-10-7-11-24-19/h4-11,14,18,20H,12-13H2,1-3H3/t18-/m0/s1. The lowest BCUT2D eigenvalue weighted by Gasteiger charge is -2.22. The lowest BCUT2D eigenvalue weighted by molar-refractivity contribution is 0.250. The number of rotatable bonds is 7. The summed E-state index contributed by atoms with van der Waals surface area (Å²) >= 11 is 0. The van der Waals surface area contributed by atoms with E-state index >= 15 is 0 Å². The van der Waals surface area contributed by atoms with Crippen LogP contribution in [0.15, 0.2) is 59.3 Å². The van der Waals surface area contributed by atoms with Crippen LogP contribution in [0.2, 0.25) is 0 Å². The number of likely N-dealkylation sites (N-methyl/N-ethyl adjacent to an activating group) is 1. The second kappa shape index (κ2) is 7.47. The van der Waals surface area contributed by atoms with Crippen molar-refractivity contribution in [3.05, 3.63) is 71.9 Å². The van der Waals surface area contributed by atoms with E-state index in [9.17, 15) is 0 Å². The third-order valence-electron chi connectivity index (χ3n) is 4.17. The minimum absolute atomic E-state index is 0.212. The number of aromatic nitrogens is 2. The molecule has 5 heteroatoms. The smallest absolute Gasteiger partial charge is 0.122 e. The molecule has 1 aromatic carbocycles. The molecule has 0 amide bonds. The van der Waals surface area contributed by atoms with Gasteiger partial charge < -0.3 is 9.73 Å². The zero-order valence-electron chi connectivity index (χ0n) is 14.4. The van der Waals surface area contributed by atoms with Crippen LogP contribution >= 0.6 is 0 Å². The fourth-order valence-electron chi connectivity index (χ4n) is 2.74. The Labute approximate surface area is 142 Å². The van der Waals surface area contributed by atoms with E-state index in [0.717, 1.165) is 30.2 Å². The maximum Gasteiger partial charge on any atom is 0.122 e. The van der Waals surface area contributed by atoms with Crippen LogP contribution in [0.1, 0.15) is 23.1 Å². The molecule has 126 valence electrons. The Hall–Kier alpha value is -2.37. The summed E-state index contributed by atoms with van der Waals surface area (Å²) in [6, 6.07) is 14.3. The van der Waals surface area contributed by atoms with Gasteiger partial charge in [0.2, 0.25) is 0 Å². The van der Waals surface area contributed by atoms with Gasteiger partial charge in [-0.3, -0.25) is 4.90 Å². The van der Waals surface area contributed by atoms with Crippen molar-refractivity contribution in [1.82, 2.24) is 20.0 Å². The highest BCUT2D eigenvalue weighted by Crippen LogP contribution is 2.18. The predicted molar refractivity (Wildman–Crippen MR) is 95.1 cm³/mol. The molecule has 0 aliphatic rings. The summed E-state index contributed by atoms with van der Waals surface area (Å²) in [7, 11) is 4.13. The van der Waals surface area contributed by atoms with Gasteiger partial charge in [0.05, 0.1) is 23.7 Å². The molecule has 2 aromatic heterocycles. The molecule has 1 N–H and O–H groups in total. The predicted octanol–water partition coefficient (Wildman–Crippen LogP) is 3.17. The van der Waals surface area contributed by atoms with Gasteiger partial charge in [-0.15, -0.1) is 0 Å². The molecule has 0 bridgehead atoms. The second-order valence-electron chi connectivity index (χ2n) is 6.15. The third kappa shape index (κ3) is 3.75. The van der Waals surface area contributed by atoms with E-state index in [2.05, 4.69) is 47.7 Å². The average molecular weight is 324 g/mol. The van der Waals surface area contributed by atoms with Gasteiger partial charge in [0, 0.05) is 24.8 Å². The number of aryl methyl sites for hydroxylation is 1. The molecule has 0 aliphatic heterocycles. The molecule has 5 nitrogen and oxygen atoms in total. The quantitative estimate of drug-likeness (QED) is 0.725. The Morgan fingerprint density at radius 2 is 1.96 bits per heavy atom. The number of benzene rings is 1. The summed E-state index contributed by atoms with van der Waals surface area (Å²) in [5.74, 6) is 0.976. The number of para-hydroxylation sites is 1. The highest BCUT2D eigenvalue weighted by molar-refractivity contribution is 5.32. The van der Waals surface area contributed by atoms with Crippen molar-refractivity contribution in [3.63, 3.8) is 0 Å². The summed E-state index contributed by atoms with van der Waals surface area (Å²) in [5.41, 5.74) is 3.33. The van der Waals surface area contributed by atoms with Crippen LogP contribution in [0.25, 0.3) is 5.69 Å². The van der Waals surface area contributed by atoms with Gasteiger partial charge in [0.1, 0.15) is 5.76 Å². The fourth-order valence-corrected chi connectivity index (χ4v) is 2.74. The topological polar surface area (TPSA) is 46.2 Å². The van der Waals surface area contributed by atoms with Gasteiger partial charge in [0.25, 0.3) is 0 Å². The lowest BCUT2D eigenvalue weighted by Crippen LogP contribution is -2.30. The molecule has 0 saturated carbocycles. The number of furan rings is 1. The van der Waals surface area contributed by atoms with Crippen molar-refractivity contribution in [2.24, 2.45) is 0 Å². The summed E-state index contributed by atoms with van der Waals surface area (Å²) in [6.45, 7) is 3.65. The SMILES string of the molecule is Cc1nn(-c2ccccc2)cc1CNC[C@@H](c1ccco1)N(C)C. The minimum Gasteiger partial charge on any atom is -0.468 e. The van der Waals surface area contributed by atoms with Crippen LogP contribution in [0.3, 0.4) is 0 Å². The van der Waals surface area contributed by atoms with E-state index in [-0.39, 0.29) is 6.04 Å². The lowest BCUT2D eigenvalue weighted by atomic mass is 10.2. The number of hydrogen-bond donors (Lipinski definition) is 1. The van der Waals surface area contributed by atoms with E-state index in [4.69, 9.17) is 4.42 Å². The number of nitrogens with zero attached hydrogens (tertiary/aromatic N) is 3. The Bertz CT molecular complexity index is 747. The van der Waals surface area contributed by atoms with Crippen molar-refractivity contribution in [2.45, 2.75) is 19.5 Å². The van der Waals surface area contributed by atoms with Crippen LogP contribution in [-0.2, 0) is 6.54 Å². The Balaban J connectivity index is 1.64. The highest BCUT2D eigenvalue weighted by Gasteiger charge is 2.16. The average Bonchev–Trinajstić information content (AvgIpc) is 3.22. The van der Waals surface area contributed by atoms with Gasteiger partial charge >= 0.3 is 0 Å². The molecule has 3 rings (SSSR count). The summed E-state index contributed by atoms with van der Waals surface area (Å²) in [4.78, 5) is 2.16. The molecule has 0 aliphatic carbocycles. The second-order valence-corrected chi connectivity index (χ2v) is 6.15.